The van der Waals surface area contributed by atoms with Crippen LogP contribution in [0, 0.1) is 11.3 Å². The molecular weight excluding hydrogens is 296 g/mol. The van der Waals surface area contributed by atoms with E-state index in [4.69, 9.17) is 9.47 Å². The Hall–Kier alpha value is -2.26. The first-order valence-corrected chi connectivity index (χ1v) is 7.86. The van der Waals surface area contributed by atoms with Crippen LogP contribution in [0.4, 0.5) is 4.79 Å². The number of nitriles is 1. The van der Waals surface area contributed by atoms with Gasteiger partial charge in [0.05, 0.1) is 18.2 Å². The summed E-state index contributed by atoms with van der Waals surface area (Å²) in [5, 5.41) is 18.6. The molecule has 2 rings (SSSR count). The van der Waals surface area contributed by atoms with Gasteiger partial charge in [0.15, 0.2) is 0 Å². The number of para-hydroxylation sites is 1. The van der Waals surface area contributed by atoms with Crippen molar-refractivity contribution in [3.63, 3.8) is 0 Å². The molecule has 1 aromatic rings. The Morgan fingerprint density at radius 1 is 1.61 bits per heavy atom. The van der Waals surface area contributed by atoms with Crippen molar-refractivity contribution in [1.82, 2.24) is 4.90 Å². The molecule has 1 aromatic carbocycles. The molecule has 0 saturated carbocycles. The molecule has 1 aliphatic rings. The smallest absolute Gasteiger partial charge is 0.410 e. The highest BCUT2D eigenvalue weighted by atomic mass is 16.6. The van der Waals surface area contributed by atoms with Crippen LogP contribution in [0.2, 0.25) is 0 Å². The van der Waals surface area contributed by atoms with E-state index in [0.29, 0.717) is 24.3 Å². The van der Waals surface area contributed by atoms with E-state index in [1.165, 1.54) is 0 Å². The maximum atomic E-state index is 12.5. The van der Waals surface area contributed by atoms with E-state index in [9.17, 15) is 15.2 Å². The Balaban J connectivity index is 2.37. The highest BCUT2D eigenvalue weighted by Crippen LogP contribution is 2.36. The fraction of sp³-hybridized carbons (Fsp3) is 0.529. The monoisotopic (exact) mass is 318 g/mol. The number of hydrogen-bond acceptors (Lipinski definition) is 5. The number of carbonyl (C=O) groups is 1. The van der Waals surface area contributed by atoms with Crippen LogP contribution in [-0.4, -0.2) is 42.0 Å². The fourth-order valence-electron chi connectivity index (χ4n) is 2.61. The Kier molecular flexibility index (Phi) is 5.83. The number of amides is 1. The molecule has 0 aromatic heterocycles. The van der Waals surface area contributed by atoms with E-state index < -0.39 is 6.09 Å². The normalized spacial score (nSPS) is 18.2. The summed E-state index contributed by atoms with van der Waals surface area (Å²) in [5.74, 6) is 0.493. The van der Waals surface area contributed by atoms with E-state index in [-0.39, 0.29) is 25.4 Å². The standard InChI is InChI=1S/C17H22N2O4/c1-3-12(2)23-17(21)19-8-10-22-16-13(11-18)5-4-6-14(16)15(19)7-9-20/h4-6,12,15,20H,3,7-10H2,1-2H3. The summed E-state index contributed by atoms with van der Waals surface area (Å²) in [6.07, 6.45) is 0.500. The molecule has 2 atom stereocenters. The zero-order valence-electron chi connectivity index (χ0n) is 13.5. The number of rotatable bonds is 4. The van der Waals surface area contributed by atoms with Crippen molar-refractivity contribution in [1.29, 1.82) is 5.26 Å². The van der Waals surface area contributed by atoms with Gasteiger partial charge in [-0.15, -0.1) is 0 Å². The van der Waals surface area contributed by atoms with Crippen LogP contribution >= 0.6 is 0 Å². The van der Waals surface area contributed by atoms with Gasteiger partial charge in [-0.3, -0.25) is 4.90 Å². The summed E-state index contributed by atoms with van der Waals surface area (Å²) < 4.78 is 11.1. The van der Waals surface area contributed by atoms with Crippen LogP contribution in [-0.2, 0) is 4.74 Å². The number of carbonyl (C=O) groups excluding carboxylic acids is 1. The number of aliphatic hydroxyl groups is 1. The summed E-state index contributed by atoms with van der Waals surface area (Å²) in [7, 11) is 0. The molecule has 6 heteroatoms. The number of nitrogens with zero attached hydrogens (tertiary/aromatic N) is 2. The minimum Gasteiger partial charge on any atom is -0.490 e. The average Bonchev–Trinajstić information content (AvgIpc) is 2.74. The maximum absolute atomic E-state index is 12.5. The van der Waals surface area contributed by atoms with Gasteiger partial charge in [0.2, 0.25) is 0 Å². The number of hydrogen-bond donors (Lipinski definition) is 1. The number of aliphatic hydroxyl groups excluding tert-OH is 1. The highest BCUT2D eigenvalue weighted by Gasteiger charge is 2.32. The van der Waals surface area contributed by atoms with E-state index in [1.54, 1.807) is 17.0 Å². The molecule has 1 heterocycles. The fourth-order valence-corrected chi connectivity index (χ4v) is 2.61. The molecule has 124 valence electrons. The quantitative estimate of drug-likeness (QED) is 0.922. The third kappa shape index (κ3) is 3.74. The summed E-state index contributed by atoms with van der Waals surface area (Å²) in [6, 6.07) is 7.00. The van der Waals surface area contributed by atoms with Gasteiger partial charge in [-0.1, -0.05) is 19.1 Å². The van der Waals surface area contributed by atoms with Crippen LogP contribution in [0.25, 0.3) is 0 Å². The Labute approximate surface area is 136 Å². The molecule has 0 spiro atoms. The molecule has 23 heavy (non-hydrogen) atoms. The van der Waals surface area contributed by atoms with Crippen molar-refractivity contribution in [3.8, 4) is 11.8 Å². The Bertz CT molecular complexity index is 597. The molecule has 1 amide bonds. The lowest BCUT2D eigenvalue weighted by molar-refractivity contribution is 0.0500. The maximum Gasteiger partial charge on any atom is 0.410 e. The summed E-state index contributed by atoms with van der Waals surface area (Å²) in [5.41, 5.74) is 1.17. The minimum absolute atomic E-state index is 0.0754. The third-order valence-corrected chi connectivity index (χ3v) is 3.99. The van der Waals surface area contributed by atoms with Crippen molar-refractivity contribution in [2.45, 2.75) is 38.8 Å². The van der Waals surface area contributed by atoms with Crippen LogP contribution < -0.4 is 4.74 Å². The van der Waals surface area contributed by atoms with Crippen molar-refractivity contribution >= 4 is 6.09 Å². The second-order valence-corrected chi connectivity index (χ2v) is 5.51. The van der Waals surface area contributed by atoms with Gasteiger partial charge in [0, 0.05) is 12.2 Å². The SMILES string of the molecule is CCC(C)OC(=O)N1CCOc2c(C#N)cccc2C1CCO. The molecule has 0 fully saturated rings. The van der Waals surface area contributed by atoms with E-state index in [2.05, 4.69) is 6.07 Å². The number of fused-ring (bicyclic) bond motifs is 1. The highest BCUT2D eigenvalue weighted by molar-refractivity contribution is 5.69. The second-order valence-electron chi connectivity index (χ2n) is 5.51. The molecule has 0 saturated heterocycles. The molecule has 0 aliphatic carbocycles. The first-order chi connectivity index (χ1) is 11.1. The molecule has 1 aliphatic heterocycles. The molecule has 2 unspecified atom stereocenters. The Morgan fingerprint density at radius 2 is 2.39 bits per heavy atom. The lowest BCUT2D eigenvalue weighted by Crippen LogP contribution is -2.38. The van der Waals surface area contributed by atoms with Crippen molar-refractivity contribution in [2.75, 3.05) is 19.8 Å². The summed E-state index contributed by atoms with van der Waals surface area (Å²) in [6.45, 7) is 4.34. The molecule has 6 nitrogen and oxygen atoms in total. The van der Waals surface area contributed by atoms with Gasteiger partial charge in [-0.05, 0) is 25.8 Å². The van der Waals surface area contributed by atoms with Gasteiger partial charge in [0.1, 0.15) is 24.5 Å². The van der Waals surface area contributed by atoms with Gasteiger partial charge in [0.25, 0.3) is 0 Å². The lowest BCUT2D eigenvalue weighted by Gasteiger charge is -2.30. The first kappa shape index (κ1) is 17.1. The topological polar surface area (TPSA) is 82.8 Å². The van der Waals surface area contributed by atoms with Gasteiger partial charge in [-0.2, -0.15) is 5.26 Å². The first-order valence-electron chi connectivity index (χ1n) is 7.86. The van der Waals surface area contributed by atoms with Crippen molar-refractivity contribution < 1.29 is 19.4 Å². The minimum atomic E-state index is -0.420. The second kappa shape index (κ2) is 7.84. The number of benzene rings is 1. The molecule has 1 N–H and O–H groups in total. The third-order valence-electron chi connectivity index (χ3n) is 3.99. The van der Waals surface area contributed by atoms with Gasteiger partial charge in [-0.25, -0.2) is 4.79 Å². The molecular formula is C17H22N2O4. The van der Waals surface area contributed by atoms with Gasteiger partial charge < -0.3 is 14.6 Å². The summed E-state index contributed by atoms with van der Waals surface area (Å²) in [4.78, 5) is 14.0. The van der Waals surface area contributed by atoms with Crippen LogP contribution in [0.5, 0.6) is 5.75 Å². The summed E-state index contributed by atoms with van der Waals surface area (Å²) >= 11 is 0. The molecule has 0 radical (unpaired) electrons. The van der Waals surface area contributed by atoms with Gasteiger partial charge >= 0.3 is 6.09 Å². The zero-order valence-corrected chi connectivity index (χ0v) is 13.5. The van der Waals surface area contributed by atoms with E-state index >= 15 is 0 Å². The lowest BCUT2D eigenvalue weighted by atomic mass is 9.99. The van der Waals surface area contributed by atoms with Crippen molar-refractivity contribution in [2.24, 2.45) is 0 Å². The largest absolute Gasteiger partial charge is 0.490 e. The van der Waals surface area contributed by atoms with E-state index in [1.807, 2.05) is 19.9 Å². The van der Waals surface area contributed by atoms with Crippen molar-refractivity contribution in [3.05, 3.63) is 29.3 Å². The average molecular weight is 318 g/mol. The predicted molar refractivity (Wildman–Crippen MR) is 84.0 cm³/mol. The number of ether oxygens (including phenoxy) is 2. The van der Waals surface area contributed by atoms with Crippen LogP contribution in [0.3, 0.4) is 0 Å². The van der Waals surface area contributed by atoms with Crippen LogP contribution in [0.1, 0.15) is 43.9 Å². The van der Waals surface area contributed by atoms with E-state index in [0.717, 1.165) is 12.0 Å². The van der Waals surface area contributed by atoms with Crippen LogP contribution in [0.15, 0.2) is 18.2 Å². The zero-order chi connectivity index (χ0) is 16.8. The molecule has 0 bridgehead atoms. The predicted octanol–water partition coefficient (Wildman–Crippen LogP) is 2.61. The Morgan fingerprint density at radius 3 is 3.04 bits per heavy atom.